The van der Waals surface area contributed by atoms with Gasteiger partial charge in [0.1, 0.15) is 10.1 Å². The molecule has 28 heavy (non-hydrogen) atoms. The van der Waals surface area contributed by atoms with Gasteiger partial charge in [0, 0.05) is 0 Å². The summed E-state index contributed by atoms with van der Waals surface area (Å²) in [6, 6.07) is 0. The van der Waals surface area contributed by atoms with E-state index in [2.05, 4.69) is 6.92 Å². The zero-order chi connectivity index (χ0) is 20.4. The van der Waals surface area contributed by atoms with Gasteiger partial charge in [0.15, 0.2) is 4.93 Å². The first-order valence-electron chi connectivity index (χ1n) is 11.5. The summed E-state index contributed by atoms with van der Waals surface area (Å²) in [5.41, 5.74) is 0. The summed E-state index contributed by atoms with van der Waals surface area (Å²) in [7, 11) is -4.62. The van der Waals surface area contributed by atoms with E-state index in [1.807, 2.05) is 0 Å². The van der Waals surface area contributed by atoms with Crippen LogP contribution in [0.3, 0.4) is 0 Å². The third kappa shape index (κ3) is 19.5. The van der Waals surface area contributed by atoms with Gasteiger partial charge < -0.3 is 9.66 Å². The molecule has 4 nitrogen and oxygen atoms in total. The van der Waals surface area contributed by atoms with E-state index in [0.717, 1.165) is 26.2 Å². The van der Waals surface area contributed by atoms with Gasteiger partial charge in [0.2, 0.25) is 0 Å². The molecule has 1 atom stereocenters. The van der Waals surface area contributed by atoms with Crippen LogP contribution in [0.5, 0.6) is 0 Å². The van der Waals surface area contributed by atoms with Crippen LogP contribution in [0, 0.1) is 0 Å². The molecule has 0 rings (SSSR count). The van der Waals surface area contributed by atoms with E-state index in [4.69, 9.17) is 0 Å². The van der Waals surface area contributed by atoms with E-state index in [0.29, 0.717) is 6.42 Å². The Morgan fingerprint density at radius 1 is 0.643 bits per heavy atom. The molecule has 0 aliphatic carbocycles. The van der Waals surface area contributed by atoms with E-state index >= 15 is 0 Å². The SMILES string of the molecule is CCCCCCCCCCCCCCCCCCCCC(C)(O)S(=O)(=O)[O-].[K+]. The Balaban J connectivity index is 0. The van der Waals surface area contributed by atoms with E-state index in [-0.39, 0.29) is 57.8 Å². The van der Waals surface area contributed by atoms with E-state index < -0.39 is 15.1 Å². The Labute approximate surface area is 218 Å². The average Bonchev–Trinajstić information content (AvgIpc) is 2.59. The molecule has 0 aliphatic heterocycles. The number of rotatable bonds is 20. The summed E-state index contributed by atoms with van der Waals surface area (Å²) < 4.78 is 32.6. The van der Waals surface area contributed by atoms with Gasteiger partial charge in [-0.3, -0.25) is 0 Å². The number of unbranched alkanes of at least 4 members (excludes halogenated alkanes) is 17. The molecule has 0 bridgehead atoms. The third-order valence-corrected chi connectivity index (χ3v) is 6.81. The fraction of sp³-hybridized carbons (Fsp3) is 1.00. The van der Waals surface area contributed by atoms with E-state index in [9.17, 15) is 18.1 Å². The molecule has 0 amide bonds. The summed E-state index contributed by atoms with van der Waals surface area (Å²) in [5.74, 6) is 0. The van der Waals surface area contributed by atoms with Crippen molar-refractivity contribution < 1.29 is 69.5 Å². The molecule has 6 heteroatoms. The van der Waals surface area contributed by atoms with Gasteiger partial charge in [0.05, 0.1) is 0 Å². The van der Waals surface area contributed by atoms with Crippen LogP contribution in [0.4, 0.5) is 0 Å². The summed E-state index contributed by atoms with van der Waals surface area (Å²) >= 11 is 0. The summed E-state index contributed by atoms with van der Waals surface area (Å²) in [6.45, 7) is 3.37. The summed E-state index contributed by atoms with van der Waals surface area (Å²) in [5, 5.41) is 9.59. The molecule has 1 N–H and O–H groups in total. The van der Waals surface area contributed by atoms with Crippen molar-refractivity contribution in [1.29, 1.82) is 0 Å². The molecular weight excluding hydrogens is 399 g/mol. The van der Waals surface area contributed by atoms with Crippen LogP contribution in [0.1, 0.15) is 136 Å². The summed E-state index contributed by atoms with van der Waals surface area (Å²) in [4.78, 5) is -2.11. The molecule has 0 aliphatic rings. The molecule has 0 aromatic heterocycles. The molecule has 0 aromatic carbocycles. The Morgan fingerprint density at radius 2 is 0.893 bits per heavy atom. The number of hydrogen-bond donors (Lipinski definition) is 1. The second kappa shape index (κ2) is 20.4. The fourth-order valence-electron chi connectivity index (χ4n) is 3.48. The minimum absolute atomic E-state index is 0. The van der Waals surface area contributed by atoms with Crippen molar-refractivity contribution in [3.63, 3.8) is 0 Å². The molecule has 0 heterocycles. The van der Waals surface area contributed by atoms with Gasteiger partial charge in [0.25, 0.3) is 0 Å². The number of aliphatic hydroxyl groups is 1. The zero-order valence-corrected chi connectivity index (χ0v) is 23.0. The molecule has 0 spiro atoms. The topological polar surface area (TPSA) is 77.4 Å². The van der Waals surface area contributed by atoms with Crippen molar-refractivity contribution in [1.82, 2.24) is 0 Å². The van der Waals surface area contributed by atoms with Crippen molar-refractivity contribution in [2.45, 2.75) is 141 Å². The maximum Gasteiger partial charge on any atom is 1.00 e. The van der Waals surface area contributed by atoms with Crippen LogP contribution >= 0.6 is 0 Å². The Morgan fingerprint density at radius 3 is 1.14 bits per heavy atom. The molecule has 0 fully saturated rings. The maximum absolute atomic E-state index is 10.9. The van der Waals surface area contributed by atoms with E-state index in [1.54, 1.807) is 0 Å². The first-order chi connectivity index (χ1) is 12.8. The molecule has 164 valence electrons. The van der Waals surface area contributed by atoms with Crippen LogP contribution in [0.15, 0.2) is 0 Å². The second-order valence-corrected chi connectivity index (χ2v) is 10.2. The van der Waals surface area contributed by atoms with Crippen LogP contribution in [0.2, 0.25) is 0 Å². The van der Waals surface area contributed by atoms with E-state index in [1.165, 1.54) is 89.9 Å². The minimum atomic E-state index is -4.62. The smallest absolute Gasteiger partial charge is 0.746 e. The van der Waals surface area contributed by atoms with Gasteiger partial charge in [-0.25, -0.2) is 8.42 Å². The van der Waals surface area contributed by atoms with Gasteiger partial charge in [-0.15, -0.1) is 0 Å². The minimum Gasteiger partial charge on any atom is -0.746 e. The Hall–Kier alpha value is 1.51. The van der Waals surface area contributed by atoms with Crippen molar-refractivity contribution in [3.8, 4) is 0 Å². The van der Waals surface area contributed by atoms with Crippen LogP contribution in [-0.4, -0.2) is 23.0 Å². The fourth-order valence-corrected chi connectivity index (χ4v) is 3.87. The predicted octanol–water partition coefficient (Wildman–Crippen LogP) is 3.68. The molecular formula is C22H45KO4S. The van der Waals surface area contributed by atoms with Crippen molar-refractivity contribution in [2.24, 2.45) is 0 Å². The van der Waals surface area contributed by atoms with Crippen molar-refractivity contribution in [3.05, 3.63) is 0 Å². The third-order valence-electron chi connectivity index (χ3n) is 5.53. The molecule has 1 unspecified atom stereocenters. The molecule has 0 aromatic rings. The second-order valence-electron chi connectivity index (χ2n) is 8.39. The quantitative estimate of drug-likeness (QED) is 0.176. The van der Waals surface area contributed by atoms with Gasteiger partial charge in [-0.2, -0.15) is 0 Å². The van der Waals surface area contributed by atoms with Gasteiger partial charge in [-0.1, -0.05) is 116 Å². The Bertz CT molecular complexity index is 424. The normalized spacial score (nSPS) is 13.9. The van der Waals surface area contributed by atoms with Gasteiger partial charge in [-0.05, 0) is 19.8 Å². The van der Waals surface area contributed by atoms with Crippen molar-refractivity contribution in [2.75, 3.05) is 0 Å². The first kappa shape index (κ1) is 31.7. The van der Waals surface area contributed by atoms with Crippen LogP contribution in [0.25, 0.3) is 0 Å². The van der Waals surface area contributed by atoms with Crippen molar-refractivity contribution >= 4 is 10.1 Å². The largest absolute Gasteiger partial charge is 1.00 e. The molecule has 0 saturated carbocycles. The van der Waals surface area contributed by atoms with Crippen LogP contribution in [-0.2, 0) is 10.1 Å². The number of hydrogen-bond acceptors (Lipinski definition) is 4. The Kier molecular flexibility index (Phi) is 23.1. The monoisotopic (exact) mass is 444 g/mol. The predicted molar refractivity (Wildman–Crippen MR) is 114 cm³/mol. The maximum atomic E-state index is 10.9. The van der Waals surface area contributed by atoms with Gasteiger partial charge >= 0.3 is 51.4 Å². The van der Waals surface area contributed by atoms with Crippen LogP contribution < -0.4 is 51.4 Å². The summed E-state index contributed by atoms with van der Waals surface area (Å²) in [6.07, 6.45) is 22.9. The standard InChI is InChI=1S/C22H46O4S.K/c1-3-4-5-6-7-8-9-10-11-12-13-14-15-16-17-18-19-20-21-22(2,23)27(24,25)26;/h23H,3-21H2,1-2H3,(H,24,25,26);/q;+1/p-1. The average molecular weight is 445 g/mol. The molecule has 0 saturated heterocycles. The molecule has 0 radical (unpaired) electrons. The zero-order valence-electron chi connectivity index (χ0n) is 19.0. The first-order valence-corrected chi connectivity index (χ1v) is 12.9.